The predicted octanol–water partition coefficient (Wildman–Crippen LogP) is 5.54. The van der Waals surface area contributed by atoms with E-state index in [2.05, 4.69) is 41.2 Å². The first-order valence-corrected chi connectivity index (χ1v) is 10.9. The van der Waals surface area contributed by atoms with Crippen LogP contribution < -0.4 is 14.8 Å². The summed E-state index contributed by atoms with van der Waals surface area (Å²) in [6, 6.07) is 13.4. The van der Waals surface area contributed by atoms with Gasteiger partial charge < -0.3 is 19.5 Å². The zero-order valence-electron chi connectivity index (χ0n) is 16.9. The van der Waals surface area contributed by atoms with Crippen LogP contribution in [0.2, 0.25) is 0 Å². The van der Waals surface area contributed by atoms with E-state index in [0.717, 1.165) is 30.3 Å². The van der Waals surface area contributed by atoms with Crippen molar-refractivity contribution in [2.24, 2.45) is 0 Å². The molecule has 2 atom stereocenters. The van der Waals surface area contributed by atoms with Gasteiger partial charge in [-0.05, 0) is 70.9 Å². The molecule has 0 radical (unpaired) electrons. The summed E-state index contributed by atoms with van der Waals surface area (Å²) >= 11 is 3.53. The lowest BCUT2D eigenvalue weighted by Crippen LogP contribution is -2.20. The average Bonchev–Trinajstić information content (AvgIpc) is 3.24. The van der Waals surface area contributed by atoms with E-state index < -0.39 is 0 Å². The Morgan fingerprint density at radius 2 is 2.14 bits per heavy atom. The molecular weight excluding hydrogens is 434 g/mol. The van der Waals surface area contributed by atoms with Gasteiger partial charge in [-0.3, -0.25) is 4.79 Å². The molecule has 3 rings (SSSR count). The van der Waals surface area contributed by atoms with Crippen LogP contribution in [0.3, 0.4) is 0 Å². The number of anilines is 1. The van der Waals surface area contributed by atoms with Gasteiger partial charge in [0, 0.05) is 18.4 Å². The zero-order chi connectivity index (χ0) is 20.6. The van der Waals surface area contributed by atoms with Gasteiger partial charge >= 0.3 is 0 Å². The number of amides is 1. The van der Waals surface area contributed by atoms with Crippen molar-refractivity contribution in [1.82, 2.24) is 0 Å². The maximum absolute atomic E-state index is 12.3. The summed E-state index contributed by atoms with van der Waals surface area (Å²) in [6.07, 6.45) is 3.35. The third kappa shape index (κ3) is 6.47. The number of hydrogen-bond donors (Lipinski definition) is 1. The van der Waals surface area contributed by atoms with Gasteiger partial charge in [-0.2, -0.15) is 0 Å². The Hall–Kier alpha value is -2.05. The van der Waals surface area contributed by atoms with Crippen molar-refractivity contribution in [1.29, 1.82) is 0 Å². The lowest BCUT2D eigenvalue weighted by Gasteiger charge is -2.14. The smallest absolute Gasteiger partial charge is 0.262 e. The summed E-state index contributed by atoms with van der Waals surface area (Å²) in [4.78, 5) is 12.3. The van der Waals surface area contributed by atoms with Gasteiger partial charge in [-0.15, -0.1) is 0 Å². The van der Waals surface area contributed by atoms with Gasteiger partial charge in [0.25, 0.3) is 5.91 Å². The molecule has 1 fully saturated rings. The van der Waals surface area contributed by atoms with Crippen molar-refractivity contribution >= 4 is 27.5 Å². The Kier molecular flexibility index (Phi) is 7.95. The minimum Gasteiger partial charge on any atom is -0.491 e. The van der Waals surface area contributed by atoms with Crippen molar-refractivity contribution in [2.45, 2.75) is 45.1 Å². The molecular formula is C23H28BrNO4. The van der Waals surface area contributed by atoms with Crippen LogP contribution in [0.1, 0.15) is 44.6 Å². The van der Waals surface area contributed by atoms with E-state index >= 15 is 0 Å². The molecule has 29 heavy (non-hydrogen) atoms. The first-order valence-electron chi connectivity index (χ1n) is 10.1. The molecule has 2 aromatic carbocycles. The molecule has 1 N–H and O–H groups in total. The van der Waals surface area contributed by atoms with E-state index in [-0.39, 0.29) is 18.6 Å². The molecule has 5 nitrogen and oxygen atoms in total. The maximum Gasteiger partial charge on any atom is 0.262 e. The van der Waals surface area contributed by atoms with Crippen LogP contribution in [0.15, 0.2) is 46.9 Å². The van der Waals surface area contributed by atoms with Crippen molar-refractivity contribution in [3.63, 3.8) is 0 Å². The minimum atomic E-state index is -0.223. The Labute approximate surface area is 180 Å². The maximum atomic E-state index is 12.3. The van der Waals surface area contributed by atoms with Crippen LogP contribution in [0, 0.1) is 0 Å². The SMILES string of the molecule is CCC(C)c1ccc(OCC(=O)Nc2cccc(OCC3CCCO3)c2)c(Br)c1. The second-order valence-corrected chi connectivity index (χ2v) is 8.16. The van der Waals surface area contributed by atoms with Crippen molar-refractivity contribution in [3.05, 3.63) is 52.5 Å². The summed E-state index contributed by atoms with van der Waals surface area (Å²) in [6.45, 7) is 5.62. The fraction of sp³-hybridized carbons (Fsp3) is 0.435. The third-order valence-electron chi connectivity index (χ3n) is 5.07. The molecule has 2 aromatic rings. The molecule has 0 bridgehead atoms. The predicted molar refractivity (Wildman–Crippen MR) is 118 cm³/mol. The molecule has 6 heteroatoms. The van der Waals surface area contributed by atoms with Crippen molar-refractivity contribution < 1.29 is 19.0 Å². The molecule has 1 aliphatic heterocycles. The van der Waals surface area contributed by atoms with Crippen LogP contribution >= 0.6 is 15.9 Å². The average molecular weight is 462 g/mol. The lowest BCUT2D eigenvalue weighted by molar-refractivity contribution is -0.118. The second-order valence-electron chi connectivity index (χ2n) is 7.31. The normalized spacial score (nSPS) is 17.0. The number of carbonyl (C=O) groups is 1. The van der Waals surface area contributed by atoms with Gasteiger partial charge in [0.15, 0.2) is 6.61 Å². The summed E-state index contributed by atoms with van der Waals surface area (Å²) in [7, 11) is 0. The molecule has 1 heterocycles. The standard InChI is InChI=1S/C23H28BrNO4/c1-3-16(2)17-9-10-22(21(24)12-17)29-15-23(26)25-18-6-4-7-19(13-18)28-14-20-8-5-11-27-20/h4,6-7,9-10,12-13,16,20H,3,5,8,11,14-15H2,1-2H3,(H,25,26). The van der Waals surface area contributed by atoms with E-state index in [0.29, 0.717) is 29.7 Å². The summed E-state index contributed by atoms with van der Waals surface area (Å²) in [5.41, 5.74) is 1.92. The monoisotopic (exact) mass is 461 g/mol. The molecule has 0 spiro atoms. The fourth-order valence-electron chi connectivity index (χ4n) is 3.15. The van der Waals surface area contributed by atoms with E-state index in [4.69, 9.17) is 14.2 Å². The number of halogens is 1. The van der Waals surface area contributed by atoms with E-state index in [1.807, 2.05) is 36.4 Å². The largest absolute Gasteiger partial charge is 0.491 e. The Morgan fingerprint density at radius 1 is 1.28 bits per heavy atom. The molecule has 0 aromatic heterocycles. The third-order valence-corrected chi connectivity index (χ3v) is 5.69. The molecule has 0 aliphatic carbocycles. The number of ether oxygens (including phenoxy) is 3. The Balaban J connectivity index is 1.49. The number of rotatable bonds is 9. The first kappa shape index (κ1) is 21.7. The quantitative estimate of drug-likeness (QED) is 0.532. The van der Waals surface area contributed by atoms with E-state index in [9.17, 15) is 4.79 Å². The van der Waals surface area contributed by atoms with Crippen molar-refractivity contribution in [3.8, 4) is 11.5 Å². The summed E-state index contributed by atoms with van der Waals surface area (Å²) in [5.74, 6) is 1.63. The minimum absolute atomic E-state index is 0.0672. The fourth-order valence-corrected chi connectivity index (χ4v) is 3.66. The van der Waals surface area contributed by atoms with Gasteiger partial charge in [0.2, 0.25) is 0 Å². The summed E-state index contributed by atoms with van der Waals surface area (Å²) in [5, 5.41) is 2.85. The molecule has 1 amide bonds. The lowest BCUT2D eigenvalue weighted by atomic mass is 9.99. The molecule has 0 saturated carbocycles. The number of hydrogen-bond acceptors (Lipinski definition) is 4. The first-order chi connectivity index (χ1) is 14.0. The highest BCUT2D eigenvalue weighted by molar-refractivity contribution is 9.10. The van der Waals surface area contributed by atoms with Crippen LogP contribution in [-0.2, 0) is 9.53 Å². The molecule has 156 valence electrons. The molecule has 1 saturated heterocycles. The number of nitrogens with one attached hydrogen (secondary N) is 1. The van der Waals surface area contributed by atoms with Crippen LogP contribution in [0.25, 0.3) is 0 Å². The summed E-state index contributed by atoms with van der Waals surface area (Å²) < 4.78 is 17.9. The zero-order valence-corrected chi connectivity index (χ0v) is 18.5. The van der Waals surface area contributed by atoms with Crippen LogP contribution in [0.4, 0.5) is 5.69 Å². The number of benzene rings is 2. The molecule has 2 unspecified atom stereocenters. The van der Waals surface area contributed by atoms with E-state index in [1.165, 1.54) is 5.56 Å². The van der Waals surface area contributed by atoms with Gasteiger partial charge in [0.05, 0.1) is 10.6 Å². The van der Waals surface area contributed by atoms with Gasteiger partial charge in [0.1, 0.15) is 18.1 Å². The topological polar surface area (TPSA) is 56.8 Å². The highest BCUT2D eigenvalue weighted by atomic mass is 79.9. The Bertz CT molecular complexity index is 820. The highest BCUT2D eigenvalue weighted by Gasteiger charge is 2.16. The van der Waals surface area contributed by atoms with E-state index in [1.54, 1.807) is 0 Å². The highest BCUT2D eigenvalue weighted by Crippen LogP contribution is 2.30. The Morgan fingerprint density at radius 3 is 2.86 bits per heavy atom. The van der Waals surface area contributed by atoms with Crippen LogP contribution in [0.5, 0.6) is 11.5 Å². The molecule has 1 aliphatic rings. The van der Waals surface area contributed by atoms with Gasteiger partial charge in [-0.1, -0.05) is 26.0 Å². The second kappa shape index (κ2) is 10.6. The van der Waals surface area contributed by atoms with Gasteiger partial charge in [-0.25, -0.2) is 0 Å². The number of carbonyl (C=O) groups excluding carboxylic acids is 1. The van der Waals surface area contributed by atoms with Crippen LogP contribution in [-0.4, -0.2) is 31.8 Å². The van der Waals surface area contributed by atoms with Crippen molar-refractivity contribution in [2.75, 3.05) is 25.1 Å².